The van der Waals surface area contributed by atoms with Crippen molar-refractivity contribution in [2.24, 2.45) is 0 Å². The molecule has 0 heterocycles. The minimum absolute atomic E-state index is 0.0623. The third-order valence-electron chi connectivity index (χ3n) is 11.1. The molecule has 0 aromatic rings. The first-order chi connectivity index (χ1) is 27.0. The van der Waals surface area contributed by atoms with Crippen LogP contribution in [0.1, 0.15) is 278 Å². The van der Waals surface area contributed by atoms with Crippen LogP contribution in [0.5, 0.6) is 0 Å². The number of carbonyl (C=O) groups is 3. The third-order valence-corrected chi connectivity index (χ3v) is 11.1. The van der Waals surface area contributed by atoms with E-state index in [1.165, 1.54) is 180 Å². The average molecular weight is 779 g/mol. The van der Waals surface area contributed by atoms with Gasteiger partial charge in [0.1, 0.15) is 13.2 Å². The summed E-state index contributed by atoms with van der Waals surface area (Å²) in [6, 6.07) is 0. The van der Waals surface area contributed by atoms with Crippen molar-refractivity contribution in [3.8, 4) is 0 Å². The third kappa shape index (κ3) is 43.4. The van der Waals surface area contributed by atoms with Crippen molar-refractivity contribution in [3.63, 3.8) is 0 Å². The minimum atomic E-state index is -0.758. The summed E-state index contributed by atoms with van der Waals surface area (Å²) < 4.78 is 16.7. The standard InChI is InChI=1S/C49H94O6/c1-4-7-10-13-16-19-22-24-25-26-28-31-33-36-39-42-48(51)54-45-46(55-49(52)43-40-37-34-29-21-18-15-12-9-6-3)44-53-47(50)41-38-35-32-30-27-23-20-17-14-11-8-5-2/h46H,4-45H2,1-3H3/t46-/m0/s1. The largest absolute Gasteiger partial charge is 0.462 e. The molecule has 0 amide bonds. The van der Waals surface area contributed by atoms with Crippen LogP contribution in [0.2, 0.25) is 0 Å². The molecule has 6 heteroatoms. The van der Waals surface area contributed by atoms with Gasteiger partial charge < -0.3 is 14.2 Å². The topological polar surface area (TPSA) is 78.9 Å². The highest BCUT2D eigenvalue weighted by atomic mass is 16.6. The lowest BCUT2D eigenvalue weighted by Crippen LogP contribution is -2.30. The molecule has 55 heavy (non-hydrogen) atoms. The monoisotopic (exact) mass is 779 g/mol. The molecule has 0 fully saturated rings. The Kier molecular flexibility index (Phi) is 43.8. The van der Waals surface area contributed by atoms with Gasteiger partial charge in [0.25, 0.3) is 0 Å². The zero-order valence-corrected chi connectivity index (χ0v) is 37.2. The number of ether oxygens (including phenoxy) is 3. The summed E-state index contributed by atoms with van der Waals surface area (Å²) in [5, 5.41) is 0. The van der Waals surface area contributed by atoms with Gasteiger partial charge in [-0.25, -0.2) is 0 Å². The van der Waals surface area contributed by atoms with Crippen LogP contribution >= 0.6 is 0 Å². The molecule has 326 valence electrons. The molecule has 0 saturated heterocycles. The van der Waals surface area contributed by atoms with Crippen LogP contribution in [0.4, 0.5) is 0 Å². The first-order valence-electron chi connectivity index (χ1n) is 24.5. The van der Waals surface area contributed by atoms with Crippen LogP contribution in [0, 0.1) is 0 Å². The summed E-state index contributed by atoms with van der Waals surface area (Å²) in [7, 11) is 0. The van der Waals surface area contributed by atoms with Gasteiger partial charge in [-0.1, -0.05) is 239 Å². The van der Waals surface area contributed by atoms with Gasteiger partial charge in [0.05, 0.1) is 0 Å². The Morgan fingerprint density at radius 3 is 0.727 bits per heavy atom. The number of unbranched alkanes of at least 4 members (excludes halogenated alkanes) is 34. The molecule has 0 unspecified atom stereocenters. The van der Waals surface area contributed by atoms with Crippen LogP contribution in [-0.4, -0.2) is 37.2 Å². The summed E-state index contributed by atoms with van der Waals surface area (Å²) in [4.78, 5) is 37.8. The van der Waals surface area contributed by atoms with Gasteiger partial charge in [-0.05, 0) is 19.3 Å². The molecule has 1 atom stereocenters. The Hall–Kier alpha value is -1.59. The molecule has 0 saturated carbocycles. The average Bonchev–Trinajstić information content (AvgIpc) is 3.18. The van der Waals surface area contributed by atoms with E-state index < -0.39 is 6.10 Å². The Morgan fingerprint density at radius 2 is 0.491 bits per heavy atom. The van der Waals surface area contributed by atoms with Gasteiger partial charge >= 0.3 is 17.9 Å². The number of rotatable bonds is 45. The van der Waals surface area contributed by atoms with Gasteiger partial charge in [-0.15, -0.1) is 0 Å². The summed E-state index contributed by atoms with van der Waals surface area (Å²) in [5.41, 5.74) is 0. The van der Waals surface area contributed by atoms with Crippen molar-refractivity contribution in [1.82, 2.24) is 0 Å². The molecule has 0 N–H and O–H groups in total. The van der Waals surface area contributed by atoms with Crippen molar-refractivity contribution in [3.05, 3.63) is 0 Å². The van der Waals surface area contributed by atoms with E-state index in [9.17, 15) is 14.4 Å². The lowest BCUT2D eigenvalue weighted by atomic mass is 10.0. The fraction of sp³-hybridized carbons (Fsp3) is 0.939. The number of carbonyl (C=O) groups excluding carboxylic acids is 3. The molecule has 0 rings (SSSR count). The quantitative estimate of drug-likeness (QED) is 0.0348. The SMILES string of the molecule is CCCCCCCCCCCCCCCCCC(=O)OC[C@H](COC(=O)CCCCCCCCCCCCCC)OC(=O)CCCCCCCCCCCC. The minimum Gasteiger partial charge on any atom is -0.462 e. The predicted molar refractivity (Wildman–Crippen MR) is 233 cm³/mol. The summed E-state index contributed by atoms with van der Waals surface area (Å²) >= 11 is 0. The lowest BCUT2D eigenvalue weighted by Gasteiger charge is -2.18. The smallest absolute Gasteiger partial charge is 0.306 e. The molecule has 0 aromatic heterocycles. The zero-order chi connectivity index (χ0) is 40.1. The molecule has 0 aliphatic rings. The number of esters is 3. The van der Waals surface area contributed by atoms with Gasteiger partial charge in [-0.2, -0.15) is 0 Å². The van der Waals surface area contributed by atoms with Crippen molar-refractivity contribution < 1.29 is 28.6 Å². The van der Waals surface area contributed by atoms with Crippen LogP contribution in [0.3, 0.4) is 0 Å². The van der Waals surface area contributed by atoms with Crippen molar-refractivity contribution in [2.45, 2.75) is 284 Å². The summed E-state index contributed by atoms with van der Waals surface area (Å²) in [6.07, 6.45) is 46.5. The second kappa shape index (κ2) is 45.1. The van der Waals surface area contributed by atoms with E-state index >= 15 is 0 Å². The number of hydrogen-bond donors (Lipinski definition) is 0. The fourth-order valence-corrected chi connectivity index (χ4v) is 7.38. The van der Waals surface area contributed by atoms with Gasteiger partial charge in [-0.3, -0.25) is 14.4 Å². The van der Waals surface area contributed by atoms with Crippen LogP contribution < -0.4 is 0 Å². The summed E-state index contributed by atoms with van der Waals surface area (Å²) in [5.74, 6) is -0.847. The van der Waals surface area contributed by atoms with Crippen molar-refractivity contribution >= 4 is 17.9 Å². The maximum atomic E-state index is 12.7. The summed E-state index contributed by atoms with van der Waals surface area (Å²) in [6.45, 7) is 6.65. The first kappa shape index (κ1) is 53.4. The van der Waals surface area contributed by atoms with E-state index in [2.05, 4.69) is 20.8 Å². The molecule has 6 nitrogen and oxygen atoms in total. The normalized spacial score (nSPS) is 11.8. The first-order valence-corrected chi connectivity index (χ1v) is 24.5. The van der Waals surface area contributed by atoms with Crippen LogP contribution in [0.25, 0.3) is 0 Å². The highest BCUT2D eigenvalue weighted by molar-refractivity contribution is 5.71. The van der Waals surface area contributed by atoms with E-state index in [4.69, 9.17) is 14.2 Å². The second-order valence-corrected chi connectivity index (χ2v) is 16.7. The molecular formula is C49H94O6. The van der Waals surface area contributed by atoms with Crippen molar-refractivity contribution in [1.29, 1.82) is 0 Å². The van der Waals surface area contributed by atoms with Crippen LogP contribution in [0.15, 0.2) is 0 Å². The van der Waals surface area contributed by atoms with Gasteiger partial charge in [0.2, 0.25) is 0 Å². The fourth-order valence-electron chi connectivity index (χ4n) is 7.38. The molecule has 0 radical (unpaired) electrons. The van der Waals surface area contributed by atoms with E-state index in [-0.39, 0.29) is 31.1 Å². The second-order valence-electron chi connectivity index (χ2n) is 16.7. The molecule has 0 aliphatic heterocycles. The van der Waals surface area contributed by atoms with E-state index in [1.807, 2.05) is 0 Å². The van der Waals surface area contributed by atoms with E-state index in [0.717, 1.165) is 57.8 Å². The highest BCUT2D eigenvalue weighted by Gasteiger charge is 2.19. The molecule has 0 spiro atoms. The Morgan fingerprint density at radius 1 is 0.291 bits per heavy atom. The highest BCUT2D eigenvalue weighted by Crippen LogP contribution is 2.16. The lowest BCUT2D eigenvalue weighted by molar-refractivity contribution is -0.167. The van der Waals surface area contributed by atoms with E-state index in [1.54, 1.807) is 0 Å². The Balaban J connectivity index is 4.27. The molecular weight excluding hydrogens is 685 g/mol. The molecule has 0 aliphatic carbocycles. The Bertz CT molecular complexity index is 813. The molecule has 0 bridgehead atoms. The zero-order valence-electron chi connectivity index (χ0n) is 37.2. The van der Waals surface area contributed by atoms with E-state index in [0.29, 0.717) is 19.3 Å². The molecule has 0 aromatic carbocycles. The van der Waals surface area contributed by atoms with Crippen molar-refractivity contribution in [2.75, 3.05) is 13.2 Å². The Labute approximate surface area is 342 Å². The van der Waals surface area contributed by atoms with Gasteiger partial charge in [0, 0.05) is 19.3 Å². The number of hydrogen-bond acceptors (Lipinski definition) is 6. The predicted octanol–water partition coefficient (Wildman–Crippen LogP) is 15.6. The maximum Gasteiger partial charge on any atom is 0.306 e. The van der Waals surface area contributed by atoms with Crippen LogP contribution in [-0.2, 0) is 28.6 Å². The van der Waals surface area contributed by atoms with Gasteiger partial charge in [0.15, 0.2) is 6.10 Å². The maximum absolute atomic E-state index is 12.7.